The van der Waals surface area contributed by atoms with Gasteiger partial charge in [0.15, 0.2) is 12.4 Å². The van der Waals surface area contributed by atoms with Gasteiger partial charge < -0.3 is 15.3 Å². The molecule has 3 heterocycles. The number of aryl methyl sites for hydroxylation is 1. The van der Waals surface area contributed by atoms with E-state index in [-0.39, 0.29) is 5.91 Å². The second kappa shape index (κ2) is 8.45. The Morgan fingerprint density at radius 2 is 1.84 bits per heavy atom. The lowest BCUT2D eigenvalue weighted by atomic mass is 10.1. The molecule has 0 atom stereocenters. The van der Waals surface area contributed by atoms with Crippen LogP contribution in [0.3, 0.4) is 0 Å². The van der Waals surface area contributed by atoms with Gasteiger partial charge in [0.1, 0.15) is 7.05 Å². The largest absolute Gasteiger partial charge is 0.353 e. The lowest BCUT2D eigenvalue weighted by Crippen LogP contribution is -2.28. The van der Waals surface area contributed by atoms with Gasteiger partial charge in [-0.25, -0.2) is 4.57 Å². The van der Waals surface area contributed by atoms with E-state index < -0.39 is 0 Å². The van der Waals surface area contributed by atoms with Crippen molar-refractivity contribution in [1.82, 2.24) is 15.3 Å². The van der Waals surface area contributed by atoms with E-state index in [0.717, 1.165) is 44.1 Å². The summed E-state index contributed by atoms with van der Waals surface area (Å²) in [6, 6.07) is 17.8. The quantitative estimate of drug-likeness (QED) is 0.269. The molecular weight excluding hydrogens is 488 g/mol. The smallest absolute Gasteiger partial charge is 0.254 e. The molecule has 0 fully saturated rings. The number of benzene rings is 2. The molecule has 0 bridgehead atoms. The Kier molecular flexibility index (Phi) is 5.49. The monoisotopic (exact) mass is 507 g/mol. The van der Waals surface area contributed by atoms with Crippen LogP contribution in [0.2, 0.25) is 5.02 Å². The lowest BCUT2D eigenvalue weighted by molar-refractivity contribution is -0.671. The molecule has 0 radical (unpaired) electrons. The number of nitrogens with one attached hydrogen (secondary N) is 3. The molecule has 0 saturated heterocycles. The summed E-state index contributed by atoms with van der Waals surface area (Å²) >= 11 is 9.69. The van der Waals surface area contributed by atoms with Gasteiger partial charge in [-0.3, -0.25) is 4.79 Å². The van der Waals surface area contributed by atoms with Crippen molar-refractivity contribution in [3.8, 4) is 11.4 Å². The number of halogens is 2. The normalized spacial score (nSPS) is 11.3. The SMILES string of the molecule is C[n+]1ccc(CCNC(=O)c2c(-c3cc4cc(Cl)ccc4[nH]3)[nH]c3cc(Br)ccc23)cc1. The van der Waals surface area contributed by atoms with Gasteiger partial charge in [-0.2, -0.15) is 0 Å². The summed E-state index contributed by atoms with van der Waals surface area (Å²) in [5.41, 5.74) is 5.27. The summed E-state index contributed by atoms with van der Waals surface area (Å²) in [5.74, 6) is -0.105. The predicted molar refractivity (Wildman–Crippen MR) is 132 cm³/mol. The van der Waals surface area contributed by atoms with Gasteiger partial charge >= 0.3 is 0 Å². The first-order valence-electron chi connectivity index (χ1n) is 10.3. The van der Waals surface area contributed by atoms with Gasteiger partial charge in [-0.15, -0.1) is 0 Å². The molecule has 0 saturated carbocycles. The van der Waals surface area contributed by atoms with Gasteiger partial charge in [0.25, 0.3) is 5.91 Å². The molecule has 0 aliphatic carbocycles. The first kappa shape index (κ1) is 20.8. The van der Waals surface area contributed by atoms with Crippen LogP contribution in [0.25, 0.3) is 33.2 Å². The van der Waals surface area contributed by atoms with Crippen molar-refractivity contribution in [2.45, 2.75) is 6.42 Å². The van der Waals surface area contributed by atoms with Crippen LogP contribution in [0.5, 0.6) is 0 Å². The highest BCUT2D eigenvalue weighted by Crippen LogP contribution is 2.33. The van der Waals surface area contributed by atoms with E-state index in [1.165, 1.54) is 5.56 Å². The molecule has 1 amide bonds. The first-order valence-corrected chi connectivity index (χ1v) is 11.5. The fourth-order valence-electron chi connectivity index (χ4n) is 3.95. The summed E-state index contributed by atoms with van der Waals surface area (Å²) in [6.45, 7) is 0.553. The van der Waals surface area contributed by atoms with E-state index in [9.17, 15) is 4.79 Å². The van der Waals surface area contributed by atoms with Crippen molar-refractivity contribution in [2.75, 3.05) is 6.54 Å². The molecule has 3 aromatic heterocycles. The van der Waals surface area contributed by atoms with Crippen LogP contribution in [0.4, 0.5) is 0 Å². The zero-order valence-electron chi connectivity index (χ0n) is 17.4. The summed E-state index contributed by atoms with van der Waals surface area (Å²) in [4.78, 5) is 20.2. The molecule has 0 unspecified atom stereocenters. The minimum absolute atomic E-state index is 0.105. The minimum Gasteiger partial charge on any atom is -0.353 e. The number of nitrogens with zero attached hydrogens (tertiary/aromatic N) is 1. The molecule has 160 valence electrons. The molecule has 5 aromatic rings. The van der Waals surface area contributed by atoms with E-state index in [1.54, 1.807) is 0 Å². The van der Waals surface area contributed by atoms with Crippen molar-refractivity contribution in [2.24, 2.45) is 7.05 Å². The van der Waals surface area contributed by atoms with Crippen LogP contribution in [-0.4, -0.2) is 22.4 Å². The van der Waals surface area contributed by atoms with Crippen molar-refractivity contribution in [3.63, 3.8) is 0 Å². The Morgan fingerprint density at radius 3 is 2.66 bits per heavy atom. The minimum atomic E-state index is -0.105. The zero-order chi connectivity index (χ0) is 22.2. The average molecular weight is 509 g/mol. The maximum Gasteiger partial charge on any atom is 0.254 e. The number of fused-ring (bicyclic) bond motifs is 2. The highest BCUT2D eigenvalue weighted by atomic mass is 79.9. The van der Waals surface area contributed by atoms with E-state index in [1.807, 2.05) is 66.5 Å². The van der Waals surface area contributed by atoms with Crippen molar-refractivity contribution in [3.05, 3.63) is 87.6 Å². The van der Waals surface area contributed by atoms with Crippen molar-refractivity contribution in [1.29, 1.82) is 0 Å². The number of amides is 1. The number of H-pyrrole nitrogens is 2. The predicted octanol–water partition coefficient (Wildman–Crippen LogP) is 5.53. The number of hydrogen-bond donors (Lipinski definition) is 3. The Hall–Kier alpha value is -3.09. The third-order valence-corrected chi connectivity index (χ3v) is 6.31. The molecule has 0 aliphatic rings. The van der Waals surface area contributed by atoms with Crippen LogP contribution >= 0.6 is 27.5 Å². The van der Waals surface area contributed by atoms with Crippen molar-refractivity contribution < 1.29 is 9.36 Å². The first-order chi connectivity index (χ1) is 15.5. The average Bonchev–Trinajstić information content (AvgIpc) is 3.35. The topological polar surface area (TPSA) is 64.6 Å². The molecule has 5 nitrogen and oxygen atoms in total. The van der Waals surface area contributed by atoms with E-state index in [4.69, 9.17) is 11.6 Å². The van der Waals surface area contributed by atoms with Gasteiger partial charge in [0.2, 0.25) is 0 Å². The fraction of sp³-hybridized carbons (Fsp3) is 0.120. The summed E-state index contributed by atoms with van der Waals surface area (Å²) < 4.78 is 2.94. The van der Waals surface area contributed by atoms with Gasteiger partial charge in [-0.05, 0) is 48.4 Å². The highest BCUT2D eigenvalue weighted by Gasteiger charge is 2.21. The maximum absolute atomic E-state index is 13.3. The van der Waals surface area contributed by atoms with E-state index in [2.05, 4.69) is 43.3 Å². The Morgan fingerprint density at radius 1 is 1.03 bits per heavy atom. The number of rotatable bonds is 5. The fourth-order valence-corrected chi connectivity index (χ4v) is 4.49. The van der Waals surface area contributed by atoms with Gasteiger partial charge in [0.05, 0.1) is 17.0 Å². The molecular formula is C25H21BrClN4O+. The van der Waals surface area contributed by atoms with Gasteiger partial charge in [0, 0.05) is 50.0 Å². The molecule has 2 aromatic carbocycles. The Balaban J connectivity index is 1.50. The number of carbonyl (C=O) groups is 1. The second-order valence-corrected chi connectivity index (χ2v) is 9.21. The number of aromatic amines is 2. The standard InChI is InChI=1S/C25H20BrClN4O/c1-31-10-7-15(8-11-31)6-9-28-25(32)23-19-4-2-17(26)14-21(19)30-24(23)22-13-16-12-18(27)3-5-20(16)29-22/h2-5,7-8,10-14H,6,9H2,1H3,(H2-,28,29,30,32)/p+1. The maximum atomic E-state index is 13.3. The Bertz CT molecular complexity index is 1450. The molecule has 3 N–H and O–H groups in total. The van der Waals surface area contributed by atoms with E-state index >= 15 is 0 Å². The molecule has 32 heavy (non-hydrogen) atoms. The third-order valence-electron chi connectivity index (χ3n) is 5.59. The number of pyridine rings is 1. The van der Waals surface area contributed by atoms with Crippen LogP contribution < -0.4 is 9.88 Å². The summed E-state index contributed by atoms with van der Waals surface area (Å²) in [7, 11) is 1.99. The second-order valence-electron chi connectivity index (χ2n) is 7.86. The Labute approximate surface area is 198 Å². The molecule has 0 spiro atoms. The number of aromatic nitrogens is 3. The molecule has 5 rings (SSSR count). The van der Waals surface area contributed by atoms with Crippen LogP contribution in [0.15, 0.2) is 71.5 Å². The number of hydrogen-bond acceptors (Lipinski definition) is 1. The highest BCUT2D eigenvalue weighted by molar-refractivity contribution is 9.10. The number of carbonyl (C=O) groups excluding carboxylic acids is 1. The summed E-state index contributed by atoms with van der Waals surface area (Å²) in [6.07, 6.45) is 4.78. The zero-order valence-corrected chi connectivity index (χ0v) is 19.7. The molecule has 0 aliphatic heterocycles. The summed E-state index contributed by atoms with van der Waals surface area (Å²) in [5, 5.41) is 5.65. The van der Waals surface area contributed by atoms with Crippen molar-refractivity contribution >= 4 is 55.2 Å². The molecule has 7 heteroatoms. The van der Waals surface area contributed by atoms with Crippen LogP contribution in [0.1, 0.15) is 15.9 Å². The lowest BCUT2D eigenvalue weighted by Gasteiger charge is -2.07. The van der Waals surface area contributed by atoms with Gasteiger partial charge in [-0.1, -0.05) is 33.6 Å². The van der Waals surface area contributed by atoms with E-state index in [0.29, 0.717) is 17.1 Å². The van der Waals surface area contributed by atoms with Crippen LogP contribution in [-0.2, 0) is 13.5 Å². The third kappa shape index (κ3) is 4.04. The van der Waals surface area contributed by atoms with Crippen LogP contribution in [0, 0.1) is 0 Å².